The van der Waals surface area contributed by atoms with Crippen LogP contribution in [-0.2, 0) is 20.2 Å². The molecule has 0 aliphatic heterocycles. The lowest BCUT2D eigenvalue weighted by atomic mass is 11.5. The standard InChI is InChI=1S/C4H7F8NO2S2/c5-1-16(14,3(7,8)9)13-17(15,2-6)4(10,11)12/h16-17H,1-2H2,(H,13,14,15). The first-order chi connectivity index (χ1) is 7.33. The van der Waals surface area contributed by atoms with Gasteiger partial charge in [-0.3, -0.25) is 8.42 Å². The van der Waals surface area contributed by atoms with Crippen LogP contribution < -0.4 is 4.13 Å². The van der Waals surface area contributed by atoms with Gasteiger partial charge in [0.2, 0.25) is 0 Å². The maximum atomic E-state index is 12.0. The Labute approximate surface area is 91.7 Å². The molecule has 13 heteroatoms. The highest BCUT2D eigenvalue weighted by Crippen LogP contribution is 2.35. The average Bonchev–Trinajstić information content (AvgIpc) is 2.13. The molecule has 0 saturated carbocycles. The van der Waals surface area contributed by atoms with E-state index in [2.05, 4.69) is 0 Å². The molecule has 1 N–H and O–H groups in total. The second-order valence-corrected chi connectivity index (χ2v) is 8.01. The molecule has 108 valence electrons. The van der Waals surface area contributed by atoms with Gasteiger partial charge in [0.25, 0.3) is 0 Å². The van der Waals surface area contributed by atoms with Crippen molar-refractivity contribution in [3.05, 3.63) is 0 Å². The zero-order valence-corrected chi connectivity index (χ0v) is 9.44. The third-order valence-electron chi connectivity index (χ3n) is 1.48. The minimum atomic E-state index is -6.26. The van der Waals surface area contributed by atoms with Crippen LogP contribution in [0.15, 0.2) is 0 Å². The SMILES string of the molecule is O=[SH](CF)(N[SH](=O)(CF)C(F)(F)F)C(F)(F)F. The quantitative estimate of drug-likeness (QED) is 0.541. The fourth-order valence-corrected chi connectivity index (χ4v) is 4.26. The van der Waals surface area contributed by atoms with Crippen LogP contribution in [0.3, 0.4) is 0 Å². The summed E-state index contributed by atoms with van der Waals surface area (Å²) in [6.07, 6.45) is 0. The van der Waals surface area contributed by atoms with Crippen LogP contribution in [0.1, 0.15) is 0 Å². The first kappa shape index (κ1) is 16.7. The number of hydrogen-bond acceptors (Lipinski definition) is 2. The van der Waals surface area contributed by atoms with Gasteiger partial charge in [-0.05, 0) is 0 Å². The molecular weight excluding hydrogens is 310 g/mol. The number of alkyl halides is 8. The minimum Gasteiger partial charge on any atom is -0.260 e. The molecule has 0 saturated heterocycles. The van der Waals surface area contributed by atoms with E-state index in [4.69, 9.17) is 0 Å². The van der Waals surface area contributed by atoms with Crippen molar-refractivity contribution < 1.29 is 43.5 Å². The topological polar surface area (TPSA) is 46.2 Å². The smallest absolute Gasteiger partial charge is 0.260 e. The van der Waals surface area contributed by atoms with Crippen molar-refractivity contribution in [2.24, 2.45) is 0 Å². The zero-order valence-electron chi connectivity index (χ0n) is 7.65. The molecule has 0 aromatic heterocycles. The largest absolute Gasteiger partial charge is 0.463 e. The van der Waals surface area contributed by atoms with Crippen molar-refractivity contribution in [3.8, 4) is 0 Å². The van der Waals surface area contributed by atoms with Crippen LogP contribution in [-0.4, -0.2) is 31.4 Å². The second-order valence-electron chi connectivity index (χ2n) is 2.75. The molecular formula is C4H7F8NO2S2. The minimum absolute atomic E-state index is 0.0972. The normalized spacial score (nSPS) is 16.9. The van der Waals surface area contributed by atoms with Gasteiger partial charge in [0, 0.05) is 0 Å². The zero-order chi connectivity index (χ0) is 14.1. The molecule has 0 rings (SSSR count). The molecule has 0 amide bonds. The average molecular weight is 317 g/mol. The molecule has 0 bridgehead atoms. The molecule has 0 aliphatic rings. The Kier molecular flexibility index (Phi) is 4.67. The van der Waals surface area contributed by atoms with Gasteiger partial charge in [0.05, 0.1) is 20.2 Å². The fraction of sp³-hybridized carbons (Fsp3) is 1.00. The highest BCUT2D eigenvalue weighted by atomic mass is 32.3. The fourth-order valence-electron chi connectivity index (χ4n) is 0.563. The third kappa shape index (κ3) is 3.34. The highest BCUT2D eigenvalue weighted by molar-refractivity contribution is 8.16. The summed E-state index contributed by atoms with van der Waals surface area (Å²) in [5.41, 5.74) is -11.8. The van der Waals surface area contributed by atoms with E-state index in [9.17, 15) is 43.5 Å². The second kappa shape index (κ2) is 4.76. The summed E-state index contributed by atoms with van der Waals surface area (Å²) in [7, 11) is -12.5. The van der Waals surface area contributed by atoms with Gasteiger partial charge in [-0.15, -0.1) is 0 Å². The first-order valence-electron chi connectivity index (χ1n) is 3.56. The van der Waals surface area contributed by atoms with E-state index in [1.54, 1.807) is 0 Å². The van der Waals surface area contributed by atoms with Crippen molar-refractivity contribution in [1.29, 1.82) is 0 Å². The van der Waals surface area contributed by atoms with Crippen molar-refractivity contribution in [2.45, 2.75) is 11.0 Å². The van der Waals surface area contributed by atoms with Gasteiger partial charge < -0.3 is 0 Å². The number of nitrogens with one attached hydrogen (secondary N) is 1. The van der Waals surface area contributed by atoms with Crippen molar-refractivity contribution in [2.75, 3.05) is 12.0 Å². The number of hydrogen-bond donors (Lipinski definition) is 3. The lowest BCUT2D eigenvalue weighted by Gasteiger charge is -2.32. The Balaban J connectivity index is 5.44. The molecule has 17 heavy (non-hydrogen) atoms. The molecule has 0 heterocycles. The van der Waals surface area contributed by atoms with Gasteiger partial charge in [0.15, 0.2) is 12.0 Å². The van der Waals surface area contributed by atoms with E-state index in [0.717, 1.165) is 0 Å². The highest BCUT2D eigenvalue weighted by Gasteiger charge is 2.54. The molecule has 3 nitrogen and oxygen atoms in total. The van der Waals surface area contributed by atoms with E-state index >= 15 is 0 Å². The van der Waals surface area contributed by atoms with Gasteiger partial charge in [-0.2, -0.15) is 30.5 Å². The molecule has 0 spiro atoms. The third-order valence-corrected chi connectivity index (χ3v) is 6.37. The van der Waals surface area contributed by atoms with E-state index < -0.39 is 43.3 Å². The van der Waals surface area contributed by atoms with E-state index in [1.165, 1.54) is 0 Å². The van der Waals surface area contributed by atoms with Gasteiger partial charge in [0.1, 0.15) is 0 Å². The van der Waals surface area contributed by atoms with Crippen LogP contribution in [0, 0.1) is 0 Å². The van der Waals surface area contributed by atoms with E-state index in [0.29, 0.717) is 0 Å². The summed E-state index contributed by atoms with van der Waals surface area (Å²) in [6, 6.07) is -5.51. The van der Waals surface area contributed by atoms with Crippen LogP contribution in [0.2, 0.25) is 0 Å². The van der Waals surface area contributed by atoms with Crippen molar-refractivity contribution >= 4 is 20.2 Å². The van der Waals surface area contributed by atoms with Crippen LogP contribution in [0.5, 0.6) is 0 Å². The summed E-state index contributed by atoms with van der Waals surface area (Å²) < 4.78 is 117. The monoisotopic (exact) mass is 317 g/mol. The summed E-state index contributed by atoms with van der Waals surface area (Å²) in [4.78, 5) is 0. The maximum Gasteiger partial charge on any atom is 0.463 e. The van der Waals surface area contributed by atoms with Crippen LogP contribution >= 0.6 is 0 Å². The van der Waals surface area contributed by atoms with Gasteiger partial charge in [-0.25, -0.2) is 8.78 Å². The Bertz CT molecular complexity index is 328. The van der Waals surface area contributed by atoms with E-state index in [-0.39, 0.29) is 4.13 Å². The number of rotatable bonds is 4. The van der Waals surface area contributed by atoms with Crippen LogP contribution in [0.4, 0.5) is 35.1 Å². The molecule has 0 unspecified atom stereocenters. The summed E-state index contributed by atoms with van der Waals surface area (Å²) in [5, 5.41) is 0. The number of halogens is 8. The van der Waals surface area contributed by atoms with Crippen molar-refractivity contribution in [1.82, 2.24) is 4.13 Å². The first-order valence-corrected chi connectivity index (χ1v) is 7.34. The lowest BCUT2D eigenvalue weighted by Crippen LogP contribution is -2.55. The molecule has 0 aromatic rings. The Morgan fingerprint density at radius 2 is 1.00 bits per heavy atom. The molecule has 0 fully saturated rings. The Morgan fingerprint density at radius 3 is 1.12 bits per heavy atom. The maximum absolute atomic E-state index is 12.0. The summed E-state index contributed by atoms with van der Waals surface area (Å²) in [5.74, 6) is 0. The molecule has 0 aliphatic carbocycles. The predicted octanol–water partition coefficient (Wildman–Crippen LogP) is 1.33. The van der Waals surface area contributed by atoms with Gasteiger partial charge >= 0.3 is 11.0 Å². The van der Waals surface area contributed by atoms with Crippen molar-refractivity contribution in [3.63, 3.8) is 0 Å². The van der Waals surface area contributed by atoms with E-state index in [1.807, 2.05) is 0 Å². The molecule has 0 aromatic carbocycles. The molecule has 0 radical (unpaired) electrons. The van der Waals surface area contributed by atoms with Gasteiger partial charge in [-0.1, -0.05) is 0 Å². The summed E-state index contributed by atoms with van der Waals surface area (Å²) in [6.45, 7) is 0. The Hall–Kier alpha value is -0.300. The summed E-state index contributed by atoms with van der Waals surface area (Å²) >= 11 is 0. The van der Waals surface area contributed by atoms with Crippen LogP contribution in [0.25, 0.3) is 0 Å². The molecule has 0 atom stereocenters. The lowest BCUT2D eigenvalue weighted by molar-refractivity contribution is -0.0464. The predicted molar refractivity (Wildman–Crippen MR) is 46.3 cm³/mol. The number of thiol groups is 2. The Morgan fingerprint density at radius 1 is 0.765 bits per heavy atom.